The summed E-state index contributed by atoms with van der Waals surface area (Å²) in [6, 6.07) is 5.71. The maximum Gasteiger partial charge on any atom is 0.415 e. The first-order chi connectivity index (χ1) is 17.5. The first-order valence-corrected chi connectivity index (χ1v) is 18.5. The third-order valence-corrected chi connectivity index (χ3v) is 11.1. The molecule has 2 amide bonds. The van der Waals surface area contributed by atoms with Crippen LogP contribution in [0.3, 0.4) is 0 Å². The van der Waals surface area contributed by atoms with Gasteiger partial charge in [-0.3, -0.25) is 9.79 Å². The number of aliphatic imine (C=N–C) groups is 1. The SMILES string of the molecule is CC(C)(C)C(OCC[Si](C)(C)C)N(C(=O)O)C1=N[C@](C)(c2cc(Br)ccc2F)[C@@H]2C[C@]2(C(=O)NC2CC2)S1. The Bertz CT molecular complexity index is 1150. The van der Waals surface area contributed by atoms with Gasteiger partial charge in [0.2, 0.25) is 5.91 Å². The lowest BCUT2D eigenvalue weighted by atomic mass is 9.85. The number of nitrogens with one attached hydrogen (secondary N) is 1. The zero-order chi connectivity index (χ0) is 28.3. The maximum absolute atomic E-state index is 15.3. The second kappa shape index (κ2) is 10.2. The molecule has 3 aliphatic rings. The molecule has 2 saturated carbocycles. The summed E-state index contributed by atoms with van der Waals surface area (Å²) in [6.45, 7) is 14.7. The first kappa shape index (κ1) is 29.5. The quantitative estimate of drug-likeness (QED) is 0.249. The monoisotopic (exact) mass is 627 g/mol. The van der Waals surface area contributed by atoms with E-state index in [-0.39, 0.29) is 23.0 Å². The normalized spacial score (nSPS) is 27.7. The third-order valence-electron chi connectivity index (χ3n) is 7.48. The summed E-state index contributed by atoms with van der Waals surface area (Å²) in [5, 5.41) is 13.8. The highest BCUT2D eigenvalue weighted by Crippen LogP contribution is 2.67. The minimum Gasteiger partial charge on any atom is -0.465 e. The van der Waals surface area contributed by atoms with E-state index in [1.54, 1.807) is 12.1 Å². The molecule has 1 aromatic carbocycles. The molecule has 4 atom stereocenters. The van der Waals surface area contributed by atoms with Crippen molar-refractivity contribution in [2.24, 2.45) is 16.3 Å². The Morgan fingerprint density at radius 3 is 2.55 bits per heavy atom. The molecule has 11 heteroatoms. The molecule has 0 radical (unpaired) electrons. The number of thioether (sulfide) groups is 1. The van der Waals surface area contributed by atoms with Gasteiger partial charge in [0.05, 0.1) is 5.54 Å². The Balaban J connectivity index is 1.79. The van der Waals surface area contributed by atoms with Gasteiger partial charge in [-0.15, -0.1) is 0 Å². The minimum atomic E-state index is -1.43. The topological polar surface area (TPSA) is 91.2 Å². The van der Waals surface area contributed by atoms with Gasteiger partial charge in [-0.2, -0.15) is 0 Å². The summed E-state index contributed by atoms with van der Waals surface area (Å²) in [6.07, 6.45) is 0.314. The minimum absolute atomic E-state index is 0.124. The largest absolute Gasteiger partial charge is 0.465 e. The van der Waals surface area contributed by atoms with Crippen LogP contribution in [-0.4, -0.2) is 58.9 Å². The fraction of sp³-hybridized carbons (Fsp3) is 0.667. The van der Waals surface area contributed by atoms with Crippen LogP contribution in [0.25, 0.3) is 0 Å². The van der Waals surface area contributed by atoms with Crippen molar-refractivity contribution in [2.45, 2.75) is 95.2 Å². The second-order valence-electron chi connectivity index (χ2n) is 13.2. The van der Waals surface area contributed by atoms with Gasteiger partial charge in [0.15, 0.2) is 5.17 Å². The van der Waals surface area contributed by atoms with Gasteiger partial charge in [0.25, 0.3) is 0 Å². The van der Waals surface area contributed by atoms with E-state index in [0.29, 0.717) is 23.1 Å². The highest BCUT2D eigenvalue weighted by Gasteiger charge is 2.72. The third kappa shape index (κ3) is 6.00. The van der Waals surface area contributed by atoms with Crippen molar-refractivity contribution < 1.29 is 23.8 Å². The van der Waals surface area contributed by atoms with Crippen molar-refractivity contribution in [3.63, 3.8) is 0 Å². The van der Waals surface area contributed by atoms with E-state index in [4.69, 9.17) is 9.73 Å². The van der Waals surface area contributed by atoms with E-state index in [9.17, 15) is 14.7 Å². The zero-order valence-corrected chi connectivity index (χ0v) is 26.6. The summed E-state index contributed by atoms with van der Waals surface area (Å²) < 4.78 is 21.4. The fourth-order valence-electron chi connectivity index (χ4n) is 5.01. The van der Waals surface area contributed by atoms with Crippen molar-refractivity contribution >= 4 is 52.9 Å². The number of fused-ring (bicyclic) bond motifs is 1. The molecule has 1 aliphatic heterocycles. The van der Waals surface area contributed by atoms with Gasteiger partial charge in [-0.05, 0) is 50.4 Å². The average molecular weight is 629 g/mol. The van der Waals surface area contributed by atoms with Crippen molar-refractivity contribution in [2.75, 3.05) is 6.61 Å². The summed E-state index contributed by atoms with van der Waals surface area (Å²) >= 11 is 4.63. The lowest BCUT2D eigenvalue weighted by Crippen LogP contribution is -2.54. The lowest BCUT2D eigenvalue weighted by molar-refractivity contribution is -0.121. The van der Waals surface area contributed by atoms with Gasteiger partial charge in [-0.25, -0.2) is 14.1 Å². The number of hydrogen-bond acceptors (Lipinski definition) is 5. The van der Waals surface area contributed by atoms with Gasteiger partial charge >= 0.3 is 6.09 Å². The predicted molar refractivity (Wildman–Crippen MR) is 156 cm³/mol. The number of benzene rings is 1. The molecule has 38 heavy (non-hydrogen) atoms. The molecule has 2 aliphatic carbocycles. The van der Waals surface area contributed by atoms with Crippen LogP contribution in [0.15, 0.2) is 27.7 Å². The van der Waals surface area contributed by atoms with Crippen LogP contribution >= 0.6 is 27.7 Å². The number of rotatable bonds is 8. The summed E-state index contributed by atoms with van der Waals surface area (Å²) in [5.41, 5.74) is -1.38. The van der Waals surface area contributed by atoms with Crippen molar-refractivity contribution in [3.8, 4) is 0 Å². The standard InChI is InChI=1S/C27H39BrFN3O4SSi/c1-25(2,3)22(36-12-13-38(5,6)7)32(24(34)35)23-31-26(4,18-14-16(28)8-11-19(18)29)20-15-27(20,37-23)21(33)30-17-9-10-17/h8,11,14,17,20,22H,9-10,12-13,15H2,1-7H3,(H,30,33)(H,34,35)/t20-,22?,26+,27-/m0/s1. The van der Waals surface area contributed by atoms with E-state index in [2.05, 4.69) is 40.9 Å². The van der Waals surface area contributed by atoms with Gasteiger partial charge < -0.3 is 15.2 Å². The number of amidine groups is 1. The highest BCUT2D eigenvalue weighted by atomic mass is 79.9. The van der Waals surface area contributed by atoms with Crippen LogP contribution < -0.4 is 5.32 Å². The smallest absolute Gasteiger partial charge is 0.415 e. The Kier molecular flexibility index (Phi) is 7.93. The summed E-state index contributed by atoms with van der Waals surface area (Å²) in [4.78, 5) is 32.6. The molecule has 2 fully saturated rings. The van der Waals surface area contributed by atoms with Crippen LogP contribution in [0.2, 0.25) is 25.7 Å². The molecule has 0 spiro atoms. The van der Waals surface area contributed by atoms with Crippen LogP contribution in [0.4, 0.5) is 9.18 Å². The predicted octanol–water partition coefficient (Wildman–Crippen LogP) is 6.65. The Labute approximate surface area is 238 Å². The van der Waals surface area contributed by atoms with Crippen molar-refractivity contribution in [1.82, 2.24) is 10.2 Å². The molecule has 4 rings (SSSR count). The molecule has 1 unspecified atom stereocenters. The van der Waals surface area contributed by atoms with E-state index in [1.807, 2.05) is 27.7 Å². The van der Waals surface area contributed by atoms with E-state index >= 15 is 4.39 Å². The molecular formula is C27H39BrFN3O4SSi. The van der Waals surface area contributed by atoms with Crippen LogP contribution in [-0.2, 0) is 15.1 Å². The van der Waals surface area contributed by atoms with Gasteiger partial charge in [-0.1, -0.05) is 68.1 Å². The molecule has 0 saturated heterocycles. The molecule has 0 aromatic heterocycles. The molecule has 2 N–H and O–H groups in total. The maximum atomic E-state index is 15.3. The van der Waals surface area contributed by atoms with E-state index in [0.717, 1.165) is 18.9 Å². The highest BCUT2D eigenvalue weighted by molar-refractivity contribution is 9.10. The van der Waals surface area contributed by atoms with Crippen molar-refractivity contribution in [3.05, 3.63) is 34.1 Å². The first-order valence-electron chi connectivity index (χ1n) is 13.2. The van der Waals surface area contributed by atoms with E-state index < -0.39 is 41.9 Å². The number of carboxylic acid groups (broad SMARTS) is 1. The molecule has 0 bridgehead atoms. The number of carbonyl (C=O) groups is 2. The summed E-state index contributed by atoms with van der Waals surface area (Å²) in [7, 11) is -1.43. The number of carbonyl (C=O) groups excluding carboxylic acids is 1. The fourth-order valence-corrected chi connectivity index (χ4v) is 7.71. The van der Waals surface area contributed by atoms with Crippen LogP contribution in [0.5, 0.6) is 0 Å². The van der Waals surface area contributed by atoms with Crippen LogP contribution in [0.1, 0.15) is 52.5 Å². The zero-order valence-electron chi connectivity index (χ0n) is 23.2. The average Bonchev–Trinajstić information content (AvgIpc) is 3.69. The Morgan fingerprint density at radius 1 is 1.34 bits per heavy atom. The van der Waals surface area contributed by atoms with Crippen molar-refractivity contribution in [1.29, 1.82) is 0 Å². The molecule has 7 nitrogen and oxygen atoms in total. The number of halogens is 2. The number of hydrogen-bond donors (Lipinski definition) is 2. The van der Waals surface area contributed by atoms with Gasteiger partial charge in [0, 0.05) is 42.1 Å². The van der Waals surface area contributed by atoms with Crippen LogP contribution in [0, 0.1) is 17.2 Å². The molecular weight excluding hydrogens is 589 g/mol. The Morgan fingerprint density at radius 2 is 2.00 bits per heavy atom. The Hall–Kier alpha value is -1.43. The summed E-state index contributed by atoms with van der Waals surface area (Å²) in [5.74, 6) is -0.834. The number of ether oxygens (including phenoxy) is 1. The van der Waals surface area contributed by atoms with E-state index in [1.165, 1.54) is 22.7 Å². The van der Waals surface area contributed by atoms with Gasteiger partial charge in [0.1, 0.15) is 16.8 Å². The lowest BCUT2D eigenvalue weighted by Gasteiger charge is -2.42. The molecule has 210 valence electrons. The number of amides is 2. The molecule has 1 heterocycles. The second-order valence-corrected chi connectivity index (χ2v) is 21.0. The molecule has 1 aromatic rings. The number of nitrogens with zero attached hydrogens (tertiary/aromatic N) is 2.